The summed E-state index contributed by atoms with van der Waals surface area (Å²) in [6.07, 6.45) is 1.51. The number of carbonyl (C=O) groups is 2. The molecule has 2 heterocycles. The number of ether oxygens (including phenoxy) is 2. The van der Waals surface area contributed by atoms with Crippen molar-refractivity contribution in [1.29, 1.82) is 0 Å². The van der Waals surface area contributed by atoms with E-state index in [9.17, 15) is 14.7 Å². The maximum Gasteiger partial charge on any atom is 0.291 e. The Labute approximate surface area is 196 Å². The Balaban J connectivity index is 1.54. The van der Waals surface area contributed by atoms with Crippen LogP contribution in [0.1, 0.15) is 35.0 Å². The first-order valence-electron chi connectivity index (χ1n) is 10.8. The predicted molar refractivity (Wildman–Crippen MR) is 125 cm³/mol. The summed E-state index contributed by atoms with van der Waals surface area (Å²) in [5, 5.41) is 19.2. The number of anilines is 1. The molecule has 2 atom stereocenters. The molecule has 34 heavy (non-hydrogen) atoms. The van der Waals surface area contributed by atoms with Crippen LogP contribution in [0.4, 0.5) is 5.69 Å². The van der Waals surface area contributed by atoms with E-state index in [1.54, 1.807) is 47.5 Å². The van der Waals surface area contributed by atoms with Crippen molar-refractivity contribution in [3.63, 3.8) is 0 Å². The molecule has 0 aliphatic carbocycles. The number of amides is 1. The summed E-state index contributed by atoms with van der Waals surface area (Å²) in [5.74, 6) is 0.232. The van der Waals surface area contributed by atoms with Crippen molar-refractivity contribution >= 4 is 23.6 Å². The number of hydrogen-bond acceptors (Lipinski definition) is 8. The molecular formula is C25H25N3O6. The van der Waals surface area contributed by atoms with Gasteiger partial charge < -0.3 is 24.3 Å². The molecule has 2 N–H and O–H groups in total. The van der Waals surface area contributed by atoms with Crippen molar-refractivity contribution in [2.75, 3.05) is 12.4 Å². The highest BCUT2D eigenvalue weighted by molar-refractivity contribution is 6.04. The van der Waals surface area contributed by atoms with Crippen LogP contribution < -0.4 is 10.1 Å². The molecule has 4 rings (SSSR count). The van der Waals surface area contributed by atoms with Gasteiger partial charge in [-0.1, -0.05) is 19.1 Å². The van der Waals surface area contributed by atoms with Crippen LogP contribution in [0.25, 0.3) is 0 Å². The Hall–Kier alpha value is -4.11. The molecule has 9 nitrogen and oxygen atoms in total. The van der Waals surface area contributed by atoms with Crippen LogP contribution in [-0.4, -0.2) is 47.5 Å². The first-order valence-corrected chi connectivity index (χ1v) is 10.8. The van der Waals surface area contributed by atoms with E-state index in [1.165, 1.54) is 13.4 Å². The predicted octanol–water partition coefficient (Wildman–Crippen LogP) is 3.79. The van der Waals surface area contributed by atoms with Gasteiger partial charge in [-0.2, -0.15) is 5.10 Å². The number of phenols is 1. The summed E-state index contributed by atoms with van der Waals surface area (Å²) in [5.41, 5.74) is 2.76. The Morgan fingerprint density at radius 3 is 2.65 bits per heavy atom. The smallest absolute Gasteiger partial charge is 0.291 e. The number of benzene rings is 2. The zero-order chi connectivity index (χ0) is 24.1. The Morgan fingerprint density at radius 1 is 1.24 bits per heavy atom. The third-order valence-electron chi connectivity index (χ3n) is 5.40. The molecule has 9 heteroatoms. The van der Waals surface area contributed by atoms with E-state index in [4.69, 9.17) is 19.0 Å². The second-order valence-electron chi connectivity index (χ2n) is 7.66. The van der Waals surface area contributed by atoms with E-state index in [2.05, 4.69) is 5.32 Å². The van der Waals surface area contributed by atoms with Crippen molar-refractivity contribution in [2.24, 2.45) is 5.10 Å². The quantitative estimate of drug-likeness (QED) is 0.489. The molecule has 0 bridgehead atoms. The minimum Gasteiger partial charge on any atom is -0.504 e. The zero-order valence-corrected chi connectivity index (χ0v) is 18.8. The minimum absolute atomic E-state index is 0.00574. The molecular weight excluding hydrogens is 438 g/mol. The lowest BCUT2D eigenvalue weighted by Gasteiger charge is -2.35. The number of methoxy groups -OCH3 is 1. The monoisotopic (exact) mass is 463 g/mol. The van der Waals surface area contributed by atoms with E-state index in [0.29, 0.717) is 42.0 Å². The van der Waals surface area contributed by atoms with Gasteiger partial charge in [0.25, 0.3) is 5.91 Å². The number of carbonyl (C=O) groups excluding carboxylic acids is 2. The van der Waals surface area contributed by atoms with Gasteiger partial charge in [0.15, 0.2) is 23.5 Å². The van der Waals surface area contributed by atoms with Gasteiger partial charge in [-0.05, 0) is 54.4 Å². The summed E-state index contributed by atoms with van der Waals surface area (Å²) < 4.78 is 16.2. The first-order chi connectivity index (χ1) is 16.5. The van der Waals surface area contributed by atoms with Crippen LogP contribution in [0, 0.1) is 0 Å². The van der Waals surface area contributed by atoms with Crippen LogP contribution in [-0.2, 0) is 16.1 Å². The number of nitrogens with one attached hydrogen (secondary N) is 1. The fraction of sp³-hybridized carbons (Fsp3) is 0.240. The zero-order valence-electron chi connectivity index (χ0n) is 18.8. The summed E-state index contributed by atoms with van der Waals surface area (Å²) in [4.78, 5) is 23.9. The van der Waals surface area contributed by atoms with E-state index in [0.717, 1.165) is 5.56 Å². The van der Waals surface area contributed by atoms with E-state index < -0.39 is 12.3 Å². The number of aldehydes is 1. The standard InChI is InChI=1S/C25H25N3O6/c1-3-20-24(17-8-11-21(32-2)19(30)13-17)27-28(23(15-29)34-20)14-16-6-9-18(10-7-16)26-25(31)22-5-4-12-33-22/h4-13,15,20,23,30H,3,14H2,1-2H3,(H,26,31). The SMILES string of the molecule is CCC1OC(C=O)N(Cc2ccc(NC(=O)c3ccco3)cc2)N=C1c1ccc(OC)c(O)c1. The van der Waals surface area contributed by atoms with E-state index in [1.807, 2.05) is 19.1 Å². The van der Waals surface area contributed by atoms with Crippen LogP contribution in [0.5, 0.6) is 11.5 Å². The normalized spacial score (nSPS) is 17.7. The van der Waals surface area contributed by atoms with Gasteiger partial charge in [-0.25, -0.2) is 0 Å². The number of aromatic hydroxyl groups is 1. The molecule has 176 valence electrons. The van der Waals surface area contributed by atoms with Gasteiger partial charge in [0.05, 0.1) is 25.6 Å². The summed E-state index contributed by atoms with van der Waals surface area (Å²) in [7, 11) is 1.48. The first kappa shape index (κ1) is 23.1. The third kappa shape index (κ3) is 4.94. The number of furan rings is 1. The minimum atomic E-state index is -0.848. The molecule has 1 aromatic heterocycles. The number of nitrogens with zero attached hydrogens (tertiary/aromatic N) is 2. The van der Waals surface area contributed by atoms with Gasteiger partial charge in [0.2, 0.25) is 6.23 Å². The maximum absolute atomic E-state index is 12.1. The molecule has 2 aromatic carbocycles. The average Bonchev–Trinajstić information content (AvgIpc) is 3.40. The number of rotatable bonds is 8. The lowest BCUT2D eigenvalue weighted by atomic mass is 10.0. The molecule has 1 aliphatic heterocycles. The second-order valence-corrected chi connectivity index (χ2v) is 7.66. The fourth-order valence-corrected chi connectivity index (χ4v) is 3.65. The Kier molecular flexibility index (Phi) is 6.93. The van der Waals surface area contributed by atoms with Gasteiger partial charge in [-0.3, -0.25) is 14.6 Å². The molecule has 2 unspecified atom stereocenters. The van der Waals surface area contributed by atoms with Crippen molar-refractivity contribution in [2.45, 2.75) is 32.2 Å². The number of hydrazone groups is 1. The average molecular weight is 463 g/mol. The molecule has 0 saturated carbocycles. The van der Waals surface area contributed by atoms with E-state index >= 15 is 0 Å². The summed E-state index contributed by atoms with van der Waals surface area (Å²) >= 11 is 0. The number of phenolic OH excluding ortho intramolecular Hbond substituents is 1. The number of hydrogen-bond donors (Lipinski definition) is 2. The fourth-order valence-electron chi connectivity index (χ4n) is 3.65. The van der Waals surface area contributed by atoms with E-state index in [-0.39, 0.29) is 17.4 Å². The highest BCUT2D eigenvalue weighted by Crippen LogP contribution is 2.29. The van der Waals surface area contributed by atoms with Gasteiger partial charge in [-0.15, -0.1) is 0 Å². The Bertz CT molecular complexity index is 1170. The molecule has 1 amide bonds. The lowest BCUT2D eigenvalue weighted by Crippen LogP contribution is -2.45. The maximum atomic E-state index is 12.1. The second kappa shape index (κ2) is 10.2. The highest BCUT2D eigenvalue weighted by Gasteiger charge is 2.31. The van der Waals surface area contributed by atoms with Crippen molar-refractivity contribution < 1.29 is 28.6 Å². The van der Waals surface area contributed by atoms with Crippen LogP contribution >= 0.6 is 0 Å². The Morgan fingerprint density at radius 2 is 2.03 bits per heavy atom. The highest BCUT2D eigenvalue weighted by atomic mass is 16.5. The van der Waals surface area contributed by atoms with Crippen molar-refractivity contribution in [3.8, 4) is 11.5 Å². The van der Waals surface area contributed by atoms with Crippen molar-refractivity contribution in [3.05, 3.63) is 77.7 Å². The van der Waals surface area contributed by atoms with Crippen molar-refractivity contribution in [1.82, 2.24) is 5.01 Å². The van der Waals surface area contributed by atoms with Gasteiger partial charge in [0.1, 0.15) is 6.10 Å². The van der Waals surface area contributed by atoms with Gasteiger partial charge in [0, 0.05) is 11.3 Å². The molecule has 3 aromatic rings. The summed E-state index contributed by atoms with van der Waals surface area (Å²) in [6.45, 7) is 2.24. The molecule has 0 fully saturated rings. The molecule has 0 spiro atoms. The largest absolute Gasteiger partial charge is 0.504 e. The van der Waals surface area contributed by atoms with Crippen LogP contribution in [0.2, 0.25) is 0 Å². The van der Waals surface area contributed by atoms with Gasteiger partial charge >= 0.3 is 0 Å². The molecule has 0 saturated heterocycles. The molecule has 0 radical (unpaired) electrons. The molecule has 1 aliphatic rings. The summed E-state index contributed by atoms with van der Waals surface area (Å²) in [6, 6.07) is 15.4. The topological polar surface area (TPSA) is 114 Å². The van der Waals surface area contributed by atoms with Crippen LogP contribution in [0.3, 0.4) is 0 Å². The third-order valence-corrected chi connectivity index (χ3v) is 5.40. The lowest BCUT2D eigenvalue weighted by molar-refractivity contribution is -0.139. The van der Waals surface area contributed by atoms with Crippen LogP contribution in [0.15, 0.2) is 70.4 Å².